The third-order valence-corrected chi connectivity index (χ3v) is 9.88. The molecule has 0 aromatic heterocycles. The minimum Gasteiger partial charge on any atom is -0.474 e. The van der Waals surface area contributed by atoms with Gasteiger partial charge >= 0.3 is 0 Å². The van der Waals surface area contributed by atoms with E-state index in [-0.39, 0.29) is 30.2 Å². The molecule has 0 fully saturated rings. The number of ether oxygens (including phenoxy) is 3. The molecule has 0 N–H and O–H groups in total. The molecule has 4 atom stereocenters. The van der Waals surface area contributed by atoms with Gasteiger partial charge in [-0.3, -0.25) is 0 Å². The topological polar surface area (TPSA) is 52.4 Å². The number of nitrogens with zero attached hydrogens (tertiary/aromatic N) is 2. The largest absolute Gasteiger partial charge is 0.474 e. The highest BCUT2D eigenvalue weighted by Gasteiger charge is 2.46. The predicted octanol–water partition coefficient (Wildman–Crippen LogP) is 8.10. The van der Waals surface area contributed by atoms with Crippen LogP contribution in [0.1, 0.15) is 52.7 Å². The molecule has 5 heteroatoms. The lowest BCUT2D eigenvalue weighted by Gasteiger charge is -2.19. The Balaban J connectivity index is 0.953. The average Bonchev–Trinajstić information content (AvgIpc) is 3.82. The third kappa shape index (κ3) is 4.33. The minimum atomic E-state index is -0.104. The van der Waals surface area contributed by atoms with Crippen LogP contribution >= 0.6 is 0 Å². The van der Waals surface area contributed by atoms with Crippen molar-refractivity contribution in [3.05, 3.63) is 131 Å². The number of hydrogen-bond donors (Lipinski definition) is 0. The van der Waals surface area contributed by atoms with E-state index in [0.717, 1.165) is 37.5 Å². The van der Waals surface area contributed by atoms with E-state index in [4.69, 9.17) is 24.2 Å². The second kappa shape index (κ2) is 10.6. The van der Waals surface area contributed by atoms with Crippen LogP contribution in [0.4, 0.5) is 0 Å². The monoisotopic (exact) mass is 578 g/mol. The maximum Gasteiger partial charge on any atom is 0.197 e. The number of fused-ring (bicyclic) bond motifs is 8. The Kier molecular flexibility index (Phi) is 6.26. The summed E-state index contributed by atoms with van der Waals surface area (Å²) in [7, 11) is 0. The molecule has 9 rings (SSSR count). The van der Waals surface area contributed by atoms with Gasteiger partial charge in [-0.2, -0.15) is 0 Å². The van der Waals surface area contributed by atoms with E-state index in [2.05, 4.69) is 103 Å². The van der Waals surface area contributed by atoms with Crippen LogP contribution in [0.5, 0.6) is 0 Å². The van der Waals surface area contributed by atoms with Gasteiger partial charge in [0.2, 0.25) is 0 Å². The maximum absolute atomic E-state index is 6.61. The second-order valence-corrected chi connectivity index (χ2v) is 12.5. The van der Waals surface area contributed by atoms with Crippen molar-refractivity contribution in [2.75, 3.05) is 6.61 Å². The lowest BCUT2D eigenvalue weighted by atomic mass is 9.97. The van der Waals surface area contributed by atoms with Crippen molar-refractivity contribution in [2.45, 2.75) is 56.6 Å². The summed E-state index contributed by atoms with van der Waals surface area (Å²) in [6, 6.07) is 36.8. The Bertz CT molecular complexity index is 1830. The van der Waals surface area contributed by atoms with Crippen molar-refractivity contribution in [1.29, 1.82) is 0 Å². The fraction of sp³-hybridized carbons (Fsp3) is 0.282. The molecule has 0 spiro atoms. The second-order valence-electron chi connectivity index (χ2n) is 12.5. The molecule has 0 bridgehead atoms. The molecule has 5 aromatic carbocycles. The highest BCUT2D eigenvalue weighted by atomic mass is 16.5. The van der Waals surface area contributed by atoms with Crippen molar-refractivity contribution >= 4 is 33.3 Å². The Morgan fingerprint density at radius 1 is 0.659 bits per heavy atom. The molecule has 0 saturated carbocycles. The highest BCUT2D eigenvalue weighted by Crippen LogP contribution is 2.44. The fourth-order valence-corrected chi connectivity index (χ4v) is 7.76. The van der Waals surface area contributed by atoms with Crippen LogP contribution in [-0.2, 0) is 33.7 Å². The molecule has 0 saturated heterocycles. The molecule has 218 valence electrons. The van der Waals surface area contributed by atoms with Crippen molar-refractivity contribution in [3.8, 4) is 0 Å². The van der Waals surface area contributed by atoms with Crippen LogP contribution in [0.3, 0.4) is 0 Å². The van der Waals surface area contributed by atoms with Gasteiger partial charge in [-0.05, 0) is 68.3 Å². The Morgan fingerprint density at radius 3 is 1.77 bits per heavy atom. The van der Waals surface area contributed by atoms with Gasteiger partial charge < -0.3 is 14.2 Å². The van der Waals surface area contributed by atoms with Crippen LogP contribution in [-0.4, -0.2) is 30.6 Å². The summed E-state index contributed by atoms with van der Waals surface area (Å²) >= 11 is 0. The maximum atomic E-state index is 6.61. The molecule has 5 aromatic rings. The van der Waals surface area contributed by atoms with Crippen LogP contribution in [0.25, 0.3) is 21.5 Å². The molecule has 2 heterocycles. The molecule has 0 radical (unpaired) electrons. The summed E-state index contributed by atoms with van der Waals surface area (Å²) in [5, 5.41) is 5.00. The first-order valence-corrected chi connectivity index (χ1v) is 15.9. The van der Waals surface area contributed by atoms with Gasteiger partial charge in [0.15, 0.2) is 11.8 Å². The van der Waals surface area contributed by atoms with Gasteiger partial charge in [-0.15, -0.1) is 0 Å². The number of rotatable bonds is 8. The van der Waals surface area contributed by atoms with Crippen molar-refractivity contribution in [1.82, 2.24) is 0 Å². The van der Waals surface area contributed by atoms with Crippen molar-refractivity contribution in [3.63, 3.8) is 0 Å². The highest BCUT2D eigenvalue weighted by molar-refractivity contribution is 6.03. The SMILES string of the molecule is c1ccc2c(c1)CC1OC(C(CCCOCc3c4ccccc4cc4ccccc34)C3=NC4c5ccccc5CC4O3)=NC21. The lowest BCUT2D eigenvalue weighted by Crippen LogP contribution is -2.28. The van der Waals surface area contributed by atoms with Crippen LogP contribution in [0.2, 0.25) is 0 Å². The van der Waals surface area contributed by atoms with Gasteiger partial charge in [0.1, 0.15) is 30.2 Å². The molecule has 4 unspecified atom stereocenters. The molecular formula is C39H34N2O3. The summed E-state index contributed by atoms with van der Waals surface area (Å²) in [5.41, 5.74) is 6.52. The molecule has 2 aliphatic heterocycles. The summed E-state index contributed by atoms with van der Waals surface area (Å²) in [6.45, 7) is 1.21. The van der Waals surface area contributed by atoms with E-state index in [1.807, 2.05) is 0 Å². The van der Waals surface area contributed by atoms with Crippen LogP contribution in [0, 0.1) is 5.92 Å². The van der Waals surface area contributed by atoms with E-state index in [9.17, 15) is 0 Å². The van der Waals surface area contributed by atoms with Gasteiger partial charge in [0.05, 0.1) is 6.61 Å². The number of aliphatic imine (C=N–C) groups is 2. The third-order valence-electron chi connectivity index (χ3n) is 9.88. The fourth-order valence-electron chi connectivity index (χ4n) is 7.76. The molecule has 5 nitrogen and oxygen atoms in total. The molecule has 2 aliphatic carbocycles. The van der Waals surface area contributed by atoms with E-state index in [0.29, 0.717) is 13.2 Å². The first-order valence-electron chi connectivity index (χ1n) is 15.9. The van der Waals surface area contributed by atoms with Crippen LogP contribution in [0.15, 0.2) is 113 Å². The van der Waals surface area contributed by atoms with Gasteiger partial charge in [0, 0.05) is 19.4 Å². The molecule has 44 heavy (non-hydrogen) atoms. The van der Waals surface area contributed by atoms with E-state index in [1.54, 1.807) is 0 Å². The average molecular weight is 579 g/mol. The van der Waals surface area contributed by atoms with Crippen LogP contribution < -0.4 is 0 Å². The summed E-state index contributed by atoms with van der Waals surface area (Å²) in [5.74, 6) is 1.45. The van der Waals surface area contributed by atoms with Crippen molar-refractivity contribution < 1.29 is 14.2 Å². The zero-order valence-electron chi connectivity index (χ0n) is 24.6. The Labute approximate surface area is 257 Å². The Morgan fingerprint density at radius 2 is 1.18 bits per heavy atom. The van der Waals surface area contributed by atoms with E-state index in [1.165, 1.54) is 49.4 Å². The van der Waals surface area contributed by atoms with Gasteiger partial charge in [-0.25, -0.2) is 9.98 Å². The number of hydrogen-bond acceptors (Lipinski definition) is 5. The quantitative estimate of drug-likeness (QED) is 0.138. The Hall–Kier alpha value is -4.48. The summed E-state index contributed by atoms with van der Waals surface area (Å²) in [6.07, 6.45) is 3.58. The zero-order chi connectivity index (χ0) is 29.0. The lowest BCUT2D eigenvalue weighted by molar-refractivity contribution is 0.116. The smallest absolute Gasteiger partial charge is 0.197 e. The van der Waals surface area contributed by atoms with Gasteiger partial charge in [0.25, 0.3) is 0 Å². The zero-order valence-corrected chi connectivity index (χ0v) is 24.6. The molecule has 4 aliphatic rings. The molecular weight excluding hydrogens is 544 g/mol. The normalized spacial score (nSPS) is 23.4. The van der Waals surface area contributed by atoms with E-state index >= 15 is 0 Å². The van der Waals surface area contributed by atoms with Gasteiger partial charge in [-0.1, -0.05) is 97.1 Å². The van der Waals surface area contributed by atoms with E-state index < -0.39 is 0 Å². The standard InChI is InChI=1S/C39H34N2O3/c1-5-14-28-24(10-1)20-25-11-2-6-15-29(25)33(28)23-42-19-9-18-32(38-40-36-30-16-7-3-12-26(30)21-34(36)43-38)39-41-37-31-17-8-4-13-27(31)22-35(37)44-39/h1-8,10-17,20,32,34-37H,9,18-19,21-23H2. The minimum absolute atomic E-state index is 0.0572. The first kappa shape index (κ1) is 26.0. The number of benzene rings is 5. The molecule has 0 amide bonds. The predicted molar refractivity (Wildman–Crippen MR) is 174 cm³/mol. The summed E-state index contributed by atoms with van der Waals surface area (Å²) in [4.78, 5) is 10.4. The van der Waals surface area contributed by atoms with Crippen molar-refractivity contribution in [2.24, 2.45) is 15.9 Å². The summed E-state index contributed by atoms with van der Waals surface area (Å²) < 4.78 is 19.6. The first-order chi connectivity index (χ1) is 21.8.